The van der Waals surface area contributed by atoms with E-state index in [0.717, 1.165) is 12.2 Å². The van der Waals surface area contributed by atoms with Crippen molar-refractivity contribution >= 4 is 12.3 Å². The Morgan fingerprint density at radius 3 is 1.62 bits per heavy atom. The summed E-state index contributed by atoms with van der Waals surface area (Å²) < 4.78 is 14.6. The lowest BCUT2D eigenvalue weighted by molar-refractivity contribution is -0.191. The predicted molar refractivity (Wildman–Crippen MR) is 81.8 cm³/mol. The summed E-state index contributed by atoms with van der Waals surface area (Å²) in [5.41, 5.74) is 2.28. The smallest absolute Gasteiger partial charge is 0.430 e. The highest BCUT2D eigenvalue weighted by atomic mass is 16.8. The van der Waals surface area contributed by atoms with Gasteiger partial charge in [-0.15, -0.1) is 0 Å². The second kappa shape index (κ2) is 9.25. The van der Waals surface area contributed by atoms with Crippen molar-refractivity contribution in [2.75, 3.05) is 13.2 Å². The standard InChI is InChI=1S/C9H8O3.C8H8O.CO2/c10-9-11-6-8(12-9)7-4-2-1-3-5-7;1-2-4-7(5-3-1)8-6-9-8;2-1-3/h1-5,8H,6H2;1-5,8H,6H2;. The number of hydrogen-bond acceptors (Lipinski definition) is 6. The quantitative estimate of drug-likeness (QED) is 0.622. The lowest BCUT2D eigenvalue weighted by Crippen LogP contribution is -1.99. The zero-order chi connectivity index (χ0) is 17.2. The highest BCUT2D eigenvalue weighted by Crippen LogP contribution is 2.28. The number of carbonyl (C=O) groups is 1. The Morgan fingerprint density at radius 1 is 0.792 bits per heavy atom. The number of rotatable bonds is 2. The van der Waals surface area contributed by atoms with Crippen LogP contribution in [0.15, 0.2) is 60.7 Å². The monoisotopic (exact) mass is 328 g/mol. The molecule has 2 aromatic rings. The van der Waals surface area contributed by atoms with E-state index >= 15 is 0 Å². The third-order valence-electron chi connectivity index (χ3n) is 3.27. The molecule has 0 radical (unpaired) electrons. The number of hydrogen-bond donors (Lipinski definition) is 0. The Labute approximate surface area is 139 Å². The molecule has 2 aliphatic rings. The lowest BCUT2D eigenvalue weighted by Gasteiger charge is -2.04. The molecule has 2 aromatic carbocycles. The van der Waals surface area contributed by atoms with Crippen LogP contribution < -0.4 is 0 Å². The van der Waals surface area contributed by atoms with Crippen LogP contribution in [-0.4, -0.2) is 25.5 Å². The van der Waals surface area contributed by atoms with Crippen molar-refractivity contribution in [3.8, 4) is 0 Å². The highest BCUT2D eigenvalue weighted by molar-refractivity contribution is 5.62. The summed E-state index contributed by atoms with van der Waals surface area (Å²) in [7, 11) is 0. The summed E-state index contributed by atoms with van der Waals surface area (Å²) in [6.45, 7) is 1.23. The van der Waals surface area contributed by atoms with E-state index in [1.807, 2.05) is 48.5 Å². The topological polar surface area (TPSA) is 82.2 Å². The first-order chi connectivity index (χ1) is 11.7. The van der Waals surface area contributed by atoms with Gasteiger partial charge < -0.3 is 14.2 Å². The summed E-state index contributed by atoms with van der Waals surface area (Å²) in [5.74, 6) is 0. The van der Waals surface area contributed by atoms with Crippen molar-refractivity contribution in [3.63, 3.8) is 0 Å². The van der Waals surface area contributed by atoms with Crippen LogP contribution in [0, 0.1) is 0 Å². The average Bonchev–Trinajstić information content (AvgIpc) is 3.39. The fourth-order valence-corrected chi connectivity index (χ4v) is 2.07. The van der Waals surface area contributed by atoms with Gasteiger partial charge in [-0.25, -0.2) is 4.79 Å². The van der Waals surface area contributed by atoms with E-state index in [1.165, 1.54) is 5.56 Å². The van der Waals surface area contributed by atoms with Gasteiger partial charge in [0.1, 0.15) is 12.7 Å². The minimum atomic E-state index is -0.580. The van der Waals surface area contributed by atoms with Gasteiger partial charge in [0, 0.05) is 0 Å². The first-order valence-electron chi connectivity index (χ1n) is 7.28. The van der Waals surface area contributed by atoms with Crippen LogP contribution in [0.5, 0.6) is 0 Å². The molecule has 6 nitrogen and oxygen atoms in total. The molecule has 6 heteroatoms. The Balaban J connectivity index is 0.000000154. The van der Waals surface area contributed by atoms with Gasteiger partial charge in [0.05, 0.1) is 6.61 Å². The van der Waals surface area contributed by atoms with Gasteiger partial charge in [-0.3, -0.25) is 0 Å². The summed E-state index contributed by atoms with van der Waals surface area (Å²) >= 11 is 0. The van der Waals surface area contributed by atoms with Crippen LogP contribution in [0.4, 0.5) is 4.79 Å². The number of cyclic esters (lactones) is 2. The molecule has 2 fully saturated rings. The molecular formula is C18H16O6. The number of ether oxygens (including phenoxy) is 3. The van der Waals surface area contributed by atoms with E-state index in [4.69, 9.17) is 19.1 Å². The molecule has 2 atom stereocenters. The minimum absolute atomic E-state index is 0.223. The van der Waals surface area contributed by atoms with Gasteiger partial charge in [0.25, 0.3) is 0 Å². The molecule has 4 rings (SSSR count). The molecule has 2 heterocycles. The van der Waals surface area contributed by atoms with E-state index in [9.17, 15) is 4.79 Å². The van der Waals surface area contributed by atoms with E-state index in [-0.39, 0.29) is 12.3 Å². The van der Waals surface area contributed by atoms with Crippen LogP contribution in [0.25, 0.3) is 0 Å². The molecular weight excluding hydrogens is 312 g/mol. The molecule has 0 bridgehead atoms. The van der Waals surface area contributed by atoms with Gasteiger partial charge in [0.15, 0.2) is 6.10 Å². The zero-order valence-electron chi connectivity index (χ0n) is 12.8. The fraction of sp³-hybridized carbons (Fsp3) is 0.222. The fourth-order valence-electron chi connectivity index (χ4n) is 2.07. The van der Waals surface area contributed by atoms with Crippen molar-refractivity contribution in [3.05, 3.63) is 71.8 Å². The van der Waals surface area contributed by atoms with Crippen LogP contribution in [0.1, 0.15) is 23.3 Å². The maximum Gasteiger partial charge on any atom is 0.509 e. The second-order valence-corrected chi connectivity index (χ2v) is 4.89. The van der Waals surface area contributed by atoms with Gasteiger partial charge >= 0.3 is 12.3 Å². The molecule has 0 spiro atoms. The van der Waals surface area contributed by atoms with Crippen LogP contribution in [-0.2, 0) is 23.8 Å². The van der Waals surface area contributed by atoms with Crippen molar-refractivity contribution < 1.29 is 28.6 Å². The molecule has 2 aliphatic heterocycles. The van der Waals surface area contributed by atoms with Crippen LogP contribution in [0.3, 0.4) is 0 Å². The van der Waals surface area contributed by atoms with E-state index in [2.05, 4.69) is 16.9 Å². The van der Waals surface area contributed by atoms with Crippen LogP contribution in [0.2, 0.25) is 0 Å². The van der Waals surface area contributed by atoms with Crippen molar-refractivity contribution in [1.29, 1.82) is 0 Å². The molecule has 0 amide bonds. The zero-order valence-corrected chi connectivity index (χ0v) is 12.8. The predicted octanol–water partition coefficient (Wildman–Crippen LogP) is 3.07. The Hall–Kier alpha value is -2.95. The Bertz CT molecular complexity index is 660. The van der Waals surface area contributed by atoms with Gasteiger partial charge in [-0.05, 0) is 11.1 Å². The first kappa shape index (κ1) is 17.4. The molecule has 0 aromatic heterocycles. The maximum atomic E-state index is 10.6. The van der Waals surface area contributed by atoms with Crippen LogP contribution >= 0.6 is 0 Å². The average molecular weight is 328 g/mol. The normalized spacial score (nSPS) is 20.1. The summed E-state index contributed by atoms with van der Waals surface area (Å²) in [6, 6.07) is 19.8. The summed E-state index contributed by atoms with van der Waals surface area (Å²) in [4.78, 5) is 26.8. The third-order valence-corrected chi connectivity index (χ3v) is 3.27. The van der Waals surface area contributed by atoms with E-state index < -0.39 is 6.16 Å². The molecule has 0 N–H and O–H groups in total. The van der Waals surface area contributed by atoms with Crippen molar-refractivity contribution in [2.45, 2.75) is 12.2 Å². The van der Waals surface area contributed by atoms with Crippen molar-refractivity contribution in [1.82, 2.24) is 0 Å². The molecule has 2 unspecified atom stereocenters. The number of benzene rings is 2. The first-order valence-corrected chi connectivity index (χ1v) is 7.28. The number of epoxide rings is 1. The Morgan fingerprint density at radius 2 is 1.25 bits per heavy atom. The summed E-state index contributed by atoms with van der Waals surface area (Å²) in [5, 5.41) is 0. The minimum Gasteiger partial charge on any atom is -0.430 e. The van der Waals surface area contributed by atoms with Gasteiger partial charge in [-0.1, -0.05) is 60.7 Å². The molecule has 0 saturated carbocycles. The largest absolute Gasteiger partial charge is 0.509 e. The van der Waals surface area contributed by atoms with E-state index in [0.29, 0.717) is 12.7 Å². The van der Waals surface area contributed by atoms with Crippen molar-refractivity contribution in [2.24, 2.45) is 0 Å². The van der Waals surface area contributed by atoms with Gasteiger partial charge in [0.2, 0.25) is 0 Å². The highest BCUT2D eigenvalue weighted by Gasteiger charge is 2.26. The second-order valence-electron chi connectivity index (χ2n) is 4.89. The molecule has 124 valence electrons. The maximum absolute atomic E-state index is 10.6. The molecule has 2 saturated heterocycles. The lowest BCUT2D eigenvalue weighted by atomic mass is 10.1. The van der Waals surface area contributed by atoms with Gasteiger partial charge in [-0.2, -0.15) is 9.59 Å². The molecule has 24 heavy (non-hydrogen) atoms. The number of carbonyl (C=O) groups excluding carboxylic acids is 3. The summed E-state index contributed by atoms with van der Waals surface area (Å²) in [6.07, 6.45) is -0.145. The Kier molecular flexibility index (Phi) is 6.71. The molecule has 0 aliphatic carbocycles. The van der Waals surface area contributed by atoms with E-state index in [1.54, 1.807) is 0 Å². The third kappa shape index (κ3) is 5.68. The SMILES string of the molecule is O=C1OCC(c2ccccc2)O1.O=C=O.c1ccc(C2CO2)cc1.